The van der Waals surface area contributed by atoms with Crippen molar-refractivity contribution in [1.82, 2.24) is 10.4 Å². The van der Waals surface area contributed by atoms with Crippen LogP contribution < -0.4 is 10.7 Å². The Morgan fingerprint density at radius 1 is 1.33 bits per heavy atom. The fourth-order valence-electron chi connectivity index (χ4n) is 1.63. The summed E-state index contributed by atoms with van der Waals surface area (Å²) in [5, 5.41) is 7.43. The summed E-state index contributed by atoms with van der Waals surface area (Å²) in [6.45, 7) is 2.00. The Kier molecular flexibility index (Phi) is 5.29. The molecule has 1 aromatic heterocycles. The average molecular weight is 303 g/mol. The summed E-state index contributed by atoms with van der Waals surface area (Å²) in [6.07, 6.45) is 1.50. The molecule has 21 heavy (non-hydrogen) atoms. The summed E-state index contributed by atoms with van der Waals surface area (Å²) in [6, 6.07) is 12.7. The second kappa shape index (κ2) is 7.40. The number of hydrogen-bond donors (Lipinski definition) is 2. The summed E-state index contributed by atoms with van der Waals surface area (Å²) < 4.78 is 0. The zero-order valence-electron chi connectivity index (χ0n) is 11.5. The molecule has 1 aromatic carbocycles. The van der Waals surface area contributed by atoms with E-state index in [1.54, 1.807) is 12.1 Å². The van der Waals surface area contributed by atoms with Gasteiger partial charge in [-0.1, -0.05) is 23.7 Å². The smallest absolute Gasteiger partial charge is 0.259 e. The van der Waals surface area contributed by atoms with Crippen LogP contribution in [-0.4, -0.2) is 23.7 Å². The van der Waals surface area contributed by atoms with Crippen molar-refractivity contribution in [2.45, 2.75) is 6.92 Å². The normalized spacial score (nSPS) is 10.6. The van der Waals surface area contributed by atoms with Gasteiger partial charge in [-0.3, -0.25) is 9.78 Å². The van der Waals surface area contributed by atoms with Crippen LogP contribution in [0.4, 0.5) is 5.69 Å². The predicted molar refractivity (Wildman–Crippen MR) is 84.7 cm³/mol. The van der Waals surface area contributed by atoms with Crippen molar-refractivity contribution in [2.24, 2.45) is 5.10 Å². The van der Waals surface area contributed by atoms with Gasteiger partial charge in [0.25, 0.3) is 5.91 Å². The van der Waals surface area contributed by atoms with Gasteiger partial charge in [-0.15, -0.1) is 0 Å². The van der Waals surface area contributed by atoms with Gasteiger partial charge in [0.1, 0.15) is 0 Å². The average Bonchev–Trinajstić information content (AvgIpc) is 2.45. The Labute approximate surface area is 128 Å². The number of carbonyl (C=O) groups excluding carboxylic acids is 1. The summed E-state index contributed by atoms with van der Waals surface area (Å²) >= 11 is 5.85. The molecule has 1 heterocycles. The highest BCUT2D eigenvalue weighted by Crippen LogP contribution is 2.14. The van der Waals surface area contributed by atoms with Gasteiger partial charge < -0.3 is 5.32 Å². The zero-order chi connectivity index (χ0) is 15.1. The van der Waals surface area contributed by atoms with E-state index in [0.29, 0.717) is 10.7 Å². The van der Waals surface area contributed by atoms with Crippen LogP contribution in [0, 0.1) is 6.92 Å². The van der Waals surface area contributed by atoms with E-state index in [4.69, 9.17) is 11.6 Å². The molecule has 108 valence electrons. The van der Waals surface area contributed by atoms with Crippen molar-refractivity contribution in [3.63, 3.8) is 0 Å². The molecule has 0 spiro atoms. The Balaban J connectivity index is 1.80. The second-order valence-corrected chi connectivity index (χ2v) is 4.80. The largest absolute Gasteiger partial charge is 0.376 e. The maximum Gasteiger partial charge on any atom is 0.259 e. The van der Waals surface area contributed by atoms with Gasteiger partial charge in [0.15, 0.2) is 0 Å². The number of pyridine rings is 1. The highest BCUT2D eigenvalue weighted by molar-refractivity contribution is 6.30. The lowest BCUT2D eigenvalue weighted by Gasteiger charge is -2.05. The van der Waals surface area contributed by atoms with E-state index < -0.39 is 0 Å². The molecule has 6 heteroatoms. The molecule has 0 atom stereocenters. The topological polar surface area (TPSA) is 66.4 Å². The molecular formula is C15H15ClN4O. The number of hydrazone groups is 1. The first kappa shape index (κ1) is 15.0. The number of carbonyl (C=O) groups is 1. The van der Waals surface area contributed by atoms with E-state index in [2.05, 4.69) is 20.8 Å². The molecule has 0 saturated carbocycles. The Morgan fingerprint density at radius 2 is 2.14 bits per heavy atom. The lowest BCUT2D eigenvalue weighted by Crippen LogP contribution is -2.25. The number of anilines is 1. The maximum atomic E-state index is 11.6. The van der Waals surface area contributed by atoms with Crippen molar-refractivity contribution in [2.75, 3.05) is 11.9 Å². The number of nitrogens with one attached hydrogen (secondary N) is 2. The van der Waals surface area contributed by atoms with Crippen LogP contribution in [0.25, 0.3) is 0 Å². The third-order valence-corrected chi connectivity index (χ3v) is 2.81. The fraction of sp³-hybridized carbons (Fsp3) is 0.133. The molecule has 0 radical (unpaired) electrons. The number of rotatable bonds is 5. The molecule has 2 N–H and O–H groups in total. The third kappa shape index (κ3) is 5.24. The van der Waals surface area contributed by atoms with E-state index in [1.165, 1.54) is 6.21 Å². The van der Waals surface area contributed by atoms with Crippen molar-refractivity contribution >= 4 is 29.4 Å². The number of aryl methyl sites for hydroxylation is 1. The van der Waals surface area contributed by atoms with E-state index in [9.17, 15) is 4.79 Å². The van der Waals surface area contributed by atoms with Crippen LogP contribution in [0.5, 0.6) is 0 Å². The molecule has 2 rings (SSSR count). The highest BCUT2D eigenvalue weighted by Gasteiger charge is 1.99. The van der Waals surface area contributed by atoms with Gasteiger partial charge >= 0.3 is 0 Å². The van der Waals surface area contributed by atoms with Crippen LogP contribution >= 0.6 is 11.6 Å². The molecule has 5 nitrogen and oxygen atoms in total. The van der Waals surface area contributed by atoms with Crippen molar-refractivity contribution in [3.8, 4) is 0 Å². The Morgan fingerprint density at radius 3 is 2.90 bits per heavy atom. The minimum absolute atomic E-state index is 0.110. The molecule has 0 fully saturated rings. The molecule has 0 aliphatic carbocycles. The summed E-state index contributed by atoms with van der Waals surface area (Å²) in [7, 11) is 0. The van der Waals surface area contributed by atoms with Gasteiger partial charge in [-0.25, -0.2) is 5.43 Å². The number of nitrogens with zero attached hydrogens (tertiary/aromatic N) is 2. The Bertz CT molecular complexity index is 658. The maximum absolute atomic E-state index is 11.6. The lowest BCUT2D eigenvalue weighted by atomic mass is 10.3. The molecule has 0 aliphatic heterocycles. The van der Waals surface area contributed by atoms with Crippen LogP contribution in [0.2, 0.25) is 5.02 Å². The van der Waals surface area contributed by atoms with Gasteiger partial charge in [0.05, 0.1) is 18.5 Å². The summed E-state index contributed by atoms with van der Waals surface area (Å²) in [5.41, 5.74) is 4.80. The molecular weight excluding hydrogens is 288 g/mol. The zero-order valence-corrected chi connectivity index (χ0v) is 12.3. The van der Waals surface area contributed by atoms with Crippen molar-refractivity contribution < 1.29 is 4.79 Å². The number of benzene rings is 1. The highest BCUT2D eigenvalue weighted by atomic mass is 35.5. The molecule has 0 unspecified atom stereocenters. The van der Waals surface area contributed by atoms with Crippen LogP contribution in [0.15, 0.2) is 47.6 Å². The number of amides is 1. The van der Waals surface area contributed by atoms with Gasteiger partial charge in [0, 0.05) is 16.4 Å². The van der Waals surface area contributed by atoms with E-state index in [-0.39, 0.29) is 12.5 Å². The van der Waals surface area contributed by atoms with Gasteiger partial charge in [-0.05, 0) is 37.3 Å². The molecule has 0 aliphatic rings. The lowest BCUT2D eigenvalue weighted by molar-refractivity contribution is -0.119. The van der Waals surface area contributed by atoms with E-state index >= 15 is 0 Å². The van der Waals surface area contributed by atoms with Gasteiger partial charge in [-0.2, -0.15) is 5.10 Å². The first-order valence-corrected chi connectivity index (χ1v) is 6.76. The minimum atomic E-state index is -0.251. The predicted octanol–water partition coefficient (Wildman–Crippen LogP) is 2.61. The SMILES string of the molecule is Cc1cccc(/C=N\NC(=O)CNc2cccc(Cl)c2)n1. The number of halogens is 1. The van der Waals surface area contributed by atoms with Crippen LogP contribution in [0.3, 0.4) is 0 Å². The molecule has 0 saturated heterocycles. The first-order valence-electron chi connectivity index (χ1n) is 6.38. The summed E-state index contributed by atoms with van der Waals surface area (Å²) in [4.78, 5) is 15.9. The van der Waals surface area contributed by atoms with Crippen molar-refractivity contribution in [3.05, 3.63) is 58.9 Å². The Hall–Kier alpha value is -2.40. The van der Waals surface area contributed by atoms with E-state index in [0.717, 1.165) is 11.4 Å². The molecule has 0 bridgehead atoms. The van der Waals surface area contributed by atoms with E-state index in [1.807, 2.05) is 37.3 Å². The monoisotopic (exact) mass is 302 g/mol. The second-order valence-electron chi connectivity index (χ2n) is 4.36. The standard InChI is InChI=1S/C15H15ClN4O/c1-11-4-2-7-14(19-11)9-18-20-15(21)10-17-13-6-3-5-12(16)8-13/h2-9,17H,10H2,1H3,(H,20,21)/b18-9-. The quantitative estimate of drug-likeness (QED) is 0.659. The van der Waals surface area contributed by atoms with Crippen LogP contribution in [0.1, 0.15) is 11.4 Å². The fourth-order valence-corrected chi connectivity index (χ4v) is 1.82. The van der Waals surface area contributed by atoms with Crippen molar-refractivity contribution in [1.29, 1.82) is 0 Å². The minimum Gasteiger partial charge on any atom is -0.376 e. The summed E-state index contributed by atoms with van der Waals surface area (Å²) in [5.74, 6) is -0.251. The van der Waals surface area contributed by atoms with Gasteiger partial charge in [0.2, 0.25) is 0 Å². The molecule has 1 amide bonds. The number of hydrogen-bond acceptors (Lipinski definition) is 4. The number of aromatic nitrogens is 1. The third-order valence-electron chi connectivity index (χ3n) is 2.57. The molecule has 2 aromatic rings. The first-order chi connectivity index (χ1) is 10.1. The van der Waals surface area contributed by atoms with Crippen LogP contribution in [-0.2, 0) is 4.79 Å².